The van der Waals surface area contributed by atoms with Gasteiger partial charge in [-0.25, -0.2) is 9.37 Å². The molecule has 0 amide bonds. The molecular formula is C44H30FN5S. The standard InChI is InChI=1S/C44H30FN5S/c45-36-22-19-31(20-23-36)43-37(32-21-26-42-47-28-39(49(42)29-32)41-25-24-40(51-41)38-18-10-11-27-46-38)30-50(48-43)44(33-12-4-1-5-13-33,34-14-6-2-7-15-34)35-16-8-3-9-17-35/h1-30H. The molecule has 0 unspecified atom stereocenters. The van der Waals surface area contributed by atoms with E-state index >= 15 is 0 Å². The molecule has 5 aromatic heterocycles. The molecule has 51 heavy (non-hydrogen) atoms. The van der Waals surface area contributed by atoms with E-state index in [1.807, 2.05) is 54.9 Å². The molecule has 9 aromatic rings. The maximum absolute atomic E-state index is 14.3. The summed E-state index contributed by atoms with van der Waals surface area (Å²) < 4.78 is 18.5. The third kappa shape index (κ3) is 5.35. The van der Waals surface area contributed by atoms with Crippen LogP contribution >= 0.6 is 11.3 Å². The fourth-order valence-electron chi connectivity index (χ4n) is 6.96. The minimum atomic E-state index is -0.820. The Labute approximate surface area is 298 Å². The summed E-state index contributed by atoms with van der Waals surface area (Å²) in [5.41, 5.74) is 8.58. The number of imidazole rings is 1. The Balaban J connectivity index is 1.28. The normalized spacial score (nSPS) is 11.6. The van der Waals surface area contributed by atoms with E-state index in [-0.39, 0.29) is 5.82 Å². The zero-order valence-electron chi connectivity index (χ0n) is 27.3. The van der Waals surface area contributed by atoms with Gasteiger partial charge in [-0.1, -0.05) is 97.1 Å². The Morgan fingerprint density at radius 1 is 0.549 bits per heavy atom. The summed E-state index contributed by atoms with van der Waals surface area (Å²) >= 11 is 1.69. The zero-order valence-corrected chi connectivity index (χ0v) is 28.2. The van der Waals surface area contributed by atoms with E-state index in [0.29, 0.717) is 0 Å². The number of hydrogen-bond donors (Lipinski definition) is 0. The lowest BCUT2D eigenvalue weighted by Crippen LogP contribution is -2.38. The van der Waals surface area contributed by atoms with Crippen LogP contribution in [0.5, 0.6) is 0 Å². The van der Waals surface area contributed by atoms with Crippen molar-refractivity contribution in [2.75, 3.05) is 0 Å². The Kier molecular flexibility index (Phi) is 7.67. The average molecular weight is 680 g/mol. The van der Waals surface area contributed by atoms with Crippen LogP contribution in [0.2, 0.25) is 0 Å². The molecule has 5 heterocycles. The monoisotopic (exact) mass is 679 g/mol. The van der Waals surface area contributed by atoms with E-state index < -0.39 is 5.54 Å². The molecule has 0 radical (unpaired) electrons. The molecule has 0 aliphatic heterocycles. The molecule has 0 aliphatic carbocycles. The molecule has 9 rings (SSSR count). The summed E-state index contributed by atoms with van der Waals surface area (Å²) in [5.74, 6) is -0.294. The quantitative estimate of drug-likeness (QED) is 0.150. The molecule has 0 aliphatic rings. The largest absolute Gasteiger partial charge is 0.298 e. The van der Waals surface area contributed by atoms with Crippen LogP contribution < -0.4 is 0 Å². The molecule has 5 nitrogen and oxygen atoms in total. The maximum atomic E-state index is 14.3. The van der Waals surface area contributed by atoms with Gasteiger partial charge in [0.25, 0.3) is 0 Å². The maximum Gasteiger partial charge on any atom is 0.138 e. The fourth-order valence-corrected chi connectivity index (χ4v) is 7.95. The van der Waals surface area contributed by atoms with Crippen LogP contribution in [0.4, 0.5) is 4.39 Å². The minimum Gasteiger partial charge on any atom is -0.298 e. The number of nitrogens with zero attached hydrogens (tertiary/aromatic N) is 5. The Hall–Kier alpha value is -6.44. The van der Waals surface area contributed by atoms with Gasteiger partial charge in [-0.05, 0) is 77.4 Å². The van der Waals surface area contributed by atoms with Crippen LogP contribution in [-0.4, -0.2) is 24.1 Å². The van der Waals surface area contributed by atoms with Gasteiger partial charge in [0.2, 0.25) is 0 Å². The summed E-state index contributed by atoms with van der Waals surface area (Å²) in [6, 6.07) is 52.3. The lowest BCUT2D eigenvalue weighted by atomic mass is 9.77. The van der Waals surface area contributed by atoms with Gasteiger partial charge in [-0.3, -0.25) is 14.1 Å². The summed E-state index contributed by atoms with van der Waals surface area (Å²) in [7, 11) is 0. The number of rotatable bonds is 8. The van der Waals surface area contributed by atoms with Gasteiger partial charge in [0.1, 0.15) is 22.7 Å². The zero-order chi connectivity index (χ0) is 34.2. The number of thiophene rings is 1. The van der Waals surface area contributed by atoms with Gasteiger partial charge >= 0.3 is 0 Å². The van der Waals surface area contributed by atoms with Crippen molar-refractivity contribution in [1.82, 2.24) is 24.1 Å². The molecule has 0 fully saturated rings. The van der Waals surface area contributed by atoms with Crippen molar-refractivity contribution in [1.29, 1.82) is 0 Å². The van der Waals surface area contributed by atoms with Gasteiger partial charge in [-0.2, -0.15) is 5.10 Å². The van der Waals surface area contributed by atoms with E-state index in [2.05, 4.69) is 117 Å². The third-order valence-corrected chi connectivity index (χ3v) is 10.5. The summed E-state index contributed by atoms with van der Waals surface area (Å²) in [6.45, 7) is 0. The number of fused-ring (bicyclic) bond motifs is 1. The Morgan fingerprint density at radius 3 is 1.78 bits per heavy atom. The van der Waals surface area contributed by atoms with Crippen molar-refractivity contribution in [3.8, 4) is 43.5 Å². The van der Waals surface area contributed by atoms with E-state index in [4.69, 9.17) is 10.1 Å². The smallest absolute Gasteiger partial charge is 0.138 e. The van der Waals surface area contributed by atoms with Crippen molar-refractivity contribution in [2.45, 2.75) is 5.54 Å². The first-order valence-corrected chi connectivity index (χ1v) is 17.5. The van der Waals surface area contributed by atoms with Crippen molar-refractivity contribution in [2.24, 2.45) is 0 Å². The van der Waals surface area contributed by atoms with E-state index in [1.54, 1.807) is 23.5 Å². The number of aromatic nitrogens is 5. The molecule has 0 saturated heterocycles. The highest BCUT2D eigenvalue weighted by Gasteiger charge is 2.40. The topological polar surface area (TPSA) is 48.0 Å². The highest BCUT2D eigenvalue weighted by molar-refractivity contribution is 7.18. The lowest BCUT2D eigenvalue weighted by Gasteiger charge is -2.36. The van der Waals surface area contributed by atoms with Crippen LogP contribution in [-0.2, 0) is 5.54 Å². The van der Waals surface area contributed by atoms with Gasteiger partial charge in [0.15, 0.2) is 0 Å². The molecule has 0 spiro atoms. The third-order valence-electron chi connectivity index (χ3n) is 9.34. The second-order valence-electron chi connectivity index (χ2n) is 12.3. The van der Waals surface area contributed by atoms with Gasteiger partial charge in [0.05, 0.1) is 27.3 Å². The summed E-state index contributed by atoms with van der Waals surface area (Å²) in [6.07, 6.45) is 7.99. The highest BCUT2D eigenvalue weighted by atomic mass is 32.1. The van der Waals surface area contributed by atoms with Gasteiger partial charge < -0.3 is 0 Å². The molecular weight excluding hydrogens is 650 g/mol. The van der Waals surface area contributed by atoms with E-state index in [9.17, 15) is 4.39 Å². The molecule has 0 N–H and O–H groups in total. The second kappa shape index (κ2) is 12.8. The number of pyridine rings is 2. The van der Waals surface area contributed by atoms with E-state index in [0.717, 1.165) is 65.9 Å². The predicted molar refractivity (Wildman–Crippen MR) is 203 cm³/mol. The molecule has 244 valence electrons. The van der Waals surface area contributed by atoms with Gasteiger partial charge in [0, 0.05) is 35.3 Å². The molecule has 7 heteroatoms. The number of halogens is 1. The summed E-state index contributed by atoms with van der Waals surface area (Å²) in [5, 5.41) is 5.44. The first-order valence-electron chi connectivity index (χ1n) is 16.7. The predicted octanol–water partition coefficient (Wildman–Crippen LogP) is 10.6. The first-order chi connectivity index (χ1) is 25.2. The van der Waals surface area contributed by atoms with Gasteiger partial charge in [-0.15, -0.1) is 11.3 Å². The summed E-state index contributed by atoms with van der Waals surface area (Å²) in [4.78, 5) is 11.5. The molecule has 0 atom stereocenters. The Morgan fingerprint density at radius 2 is 1.16 bits per heavy atom. The average Bonchev–Trinajstić information content (AvgIpc) is 3.96. The van der Waals surface area contributed by atoms with E-state index in [1.165, 1.54) is 12.1 Å². The van der Waals surface area contributed by atoms with Crippen molar-refractivity contribution >= 4 is 17.0 Å². The van der Waals surface area contributed by atoms with Crippen LogP contribution in [0.25, 0.3) is 49.2 Å². The van der Waals surface area contributed by atoms with Crippen LogP contribution in [0, 0.1) is 5.82 Å². The van der Waals surface area contributed by atoms with Crippen LogP contribution in [0.3, 0.4) is 0 Å². The second-order valence-corrected chi connectivity index (χ2v) is 13.4. The van der Waals surface area contributed by atoms with Crippen LogP contribution in [0.15, 0.2) is 183 Å². The molecule has 0 bridgehead atoms. The number of benzene rings is 4. The number of hydrogen-bond acceptors (Lipinski definition) is 4. The fraction of sp³-hybridized carbons (Fsp3) is 0.0227. The highest BCUT2D eigenvalue weighted by Crippen LogP contribution is 2.43. The van der Waals surface area contributed by atoms with Crippen molar-refractivity contribution < 1.29 is 4.39 Å². The SMILES string of the molecule is Fc1ccc(-c2nn(C(c3ccccc3)(c3ccccc3)c3ccccc3)cc2-c2ccc3ncc(-c4ccc(-c5ccccn5)s4)n3c2)cc1. The molecule has 0 saturated carbocycles. The minimum absolute atomic E-state index is 0.294. The lowest BCUT2D eigenvalue weighted by molar-refractivity contribution is 0.461. The Bertz CT molecular complexity index is 2480. The van der Waals surface area contributed by atoms with Crippen LogP contribution in [0.1, 0.15) is 16.7 Å². The van der Waals surface area contributed by atoms with Crippen molar-refractivity contribution in [3.63, 3.8) is 0 Å². The molecule has 4 aromatic carbocycles. The first kappa shape index (κ1) is 30.6. The van der Waals surface area contributed by atoms with Crippen molar-refractivity contribution in [3.05, 3.63) is 205 Å².